The van der Waals surface area contributed by atoms with Gasteiger partial charge in [0.15, 0.2) is 0 Å². The minimum atomic E-state index is -0.340. The molecule has 0 bridgehead atoms. The molecule has 1 aliphatic rings. The third-order valence-corrected chi connectivity index (χ3v) is 5.43. The molecule has 1 N–H and O–H groups in total. The van der Waals surface area contributed by atoms with Crippen molar-refractivity contribution in [2.75, 3.05) is 0 Å². The van der Waals surface area contributed by atoms with E-state index in [4.69, 9.17) is 0 Å². The zero-order valence-corrected chi connectivity index (χ0v) is 15.0. The van der Waals surface area contributed by atoms with E-state index in [1.165, 1.54) is 77.0 Å². The van der Waals surface area contributed by atoms with Crippen molar-refractivity contribution in [3.63, 3.8) is 0 Å². The summed E-state index contributed by atoms with van der Waals surface area (Å²) < 4.78 is 0. The maximum Gasteiger partial charge on any atom is 0.0625 e. The normalized spacial score (nSPS) is 26.6. The molecule has 1 unspecified atom stereocenters. The van der Waals surface area contributed by atoms with Crippen LogP contribution in [0, 0.1) is 11.8 Å². The molecule has 1 rings (SSSR count). The highest BCUT2D eigenvalue weighted by Gasteiger charge is 2.41. The Balaban J connectivity index is 2.18. The summed E-state index contributed by atoms with van der Waals surface area (Å²) in [5, 5.41) is 10.0. The highest BCUT2D eigenvalue weighted by Crippen LogP contribution is 2.45. The number of unbranched alkanes of at least 4 members (excludes halogenated alkanes) is 8. The van der Waals surface area contributed by atoms with Crippen LogP contribution in [-0.4, -0.2) is 10.7 Å². The zero-order chi connectivity index (χ0) is 15.6. The van der Waals surface area contributed by atoms with Crippen LogP contribution in [0.15, 0.2) is 0 Å². The van der Waals surface area contributed by atoms with Gasteiger partial charge in [0.1, 0.15) is 0 Å². The van der Waals surface area contributed by atoms with E-state index in [0.29, 0.717) is 0 Å². The molecule has 126 valence electrons. The Morgan fingerprint density at radius 2 is 1.24 bits per heavy atom. The Morgan fingerprint density at radius 1 is 0.810 bits per heavy atom. The standard InChI is InChI=1S/C20H40O/c1-4-6-8-10-11-13-15-18(14-12-9-7-5-2)19-16-20(3,21)17-19/h18-19,21H,4-17H2,1-3H3. The number of rotatable bonds is 13. The predicted octanol–water partition coefficient (Wildman–Crippen LogP) is 6.48. The third kappa shape index (κ3) is 8.24. The summed E-state index contributed by atoms with van der Waals surface area (Å²) in [6.07, 6.45) is 18.9. The van der Waals surface area contributed by atoms with Crippen LogP contribution in [0.3, 0.4) is 0 Å². The van der Waals surface area contributed by atoms with E-state index < -0.39 is 0 Å². The van der Waals surface area contributed by atoms with E-state index >= 15 is 0 Å². The second-order valence-electron chi connectivity index (χ2n) is 7.83. The van der Waals surface area contributed by atoms with E-state index in [1.54, 1.807) is 0 Å². The van der Waals surface area contributed by atoms with Crippen LogP contribution in [0.25, 0.3) is 0 Å². The second kappa shape index (κ2) is 10.6. The van der Waals surface area contributed by atoms with Crippen LogP contribution in [0.5, 0.6) is 0 Å². The molecule has 1 nitrogen and oxygen atoms in total. The summed E-state index contributed by atoms with van der Waals surface area (Å²) in [5.41, 5.74) is -0.340. The van der Waals surface area contributed by atoms with E-state index in [-0.39, 0.29) is 5.60 Å². The highest BCUT2D eigenvalue weighted by molar-refractivity contribution is 4.93. The second-order valence-corrected chi connectivity index (χ2v) is 7.83. The van der Waals surface area contributed by atoms with Gasteiger partial charge in [-0.15, -0.1) is 0 Å². The zero-order valence-electron chi connectivity index (χ0n) is 15.0. The molecule has 0 radical (unpaired) electrons. The summed E-state index contributed by atoms with van der Waals surface area (Å²) in [6, 6.07) is 0. The first-order valence-corrected chi connectivity index (χ1v) is 9.81. The number of aliphatic hydroxyl groups is 1. The maximum absolute atomic E-state index is 10.0. The fourth-order valence-corrected chi connectivity index (χ4v) is 4.04. The number of hydrogen-bond acceptors (Lipinski definition) is 1. The molecular weight excluding hydrogens is 256 g/mol. The maximum atomic E-state index is 10.0. The molecule has 0 heterocycles. The van der Waals surface area contributed by atoms with E-state index in [9.17, 15) is 5.11 Å². The van der Waals surface area contributed by atoms with Crippen molar-refractivity contribution in [1.29, 1.82) is 0 Å². The van der Waals surface area contributed by atoms with Crippen molar-refractivity contribution in [3.8, 4) is 0 Å². The summed E-state index contributed by atoms with van der Waals surface area (Å²) >= 11 is 0. The van der Waals surface area contributed by atoms with E-state index in [1.807, 2.05) is 6.92 Å². The van der Waals surface area contributed by atoms with Gasteiger partial charge in [-0.1, -0.05) is 90.9 Å². The SMILES string of the molecule is CCCCCCCCC(CCCCCC)C1CC(C)(O)C1. The number of hydrogen-bond donors (Lipinski definition) is 1. The topological polar surface area (TPSA) is 20.2 Å². The molecule has 1 saturated carbocycles. The first-order chi connectivity index (χ1) is 10.1. The average Bonchev–Trinajstić information content (AvgIpc) is 2.42. The Kier molecular flexibility index (Phi) is 9.64. The summed E-state index contributed by atoms with van der Waals surface area (Å²) in [7, 11) is 0. The average molecular weight is 297 g/mol. The molecule has 1 fully saturated rings. The van der Waals surface area contributed by atoms with Crippen molar-refractivity contribution < 1.29 is 5.11 Å². The Hall–Kier alpha value is -0.0400. The molecule has 1 atom stereocenters. The van der Waals surface area contributed by atoms with Crippen LogP contribution >= 0.6 is 0 Å². The van der Waals surface area contributed by atoms with Crippen molar-refractivity contribution in [2.45, 2.75) is 116 Å². The van der Waals surface area contributed by atoms with Gasteiger partial charge in [-0.3, -0.25) is 0 Å². The van der Waals surface area contributed by atoms with Crippen LogP contribution in [0.2, 0.25) is 0 Å². The molecular formula is C20H40O. The highest BCUT2D eigenvalue weighted by atomic mass is 16.3. The largest absolute Gasteiger partial charge is 0.390 e. The molecule has 1 heteroatoms. The first kappa shape index (κ1) is 19.0. The molecule has 0 aromatic carbocycles. The molecule has 0 amide bonds. The van der Waals surface area contributed by atoms with Crippen LogP contribution in [0.4, 0.5) is 0 Å². The van der Waals surface area contributed by atoms with Gasteiger partial charge < -0.3 is 5.11 Å². The lowest BCUT2D eigenvalue weighted by molar-refractivity contribution is -0.0790. The summed E-state index contributed by atoms with van der Waals surface area (Å²) in [6.45, 7) is 6.59. The quantitative estimate of drug-likeness (QED) is 0.385. The van der Waals surface area contributed by atoms with E-state index in [2.05, 4.69) is 13.8 Å². The molecule has 0 aromatic rings. The molecule has 21 heavy (non-hydrogen) atoms. The Morgan fingerprint density at radius 3 is 1.71 bits per heavy atom. The van der Waals surface area contributed by atoms with Gasteiger partial charge in [-0.05, 0) is 31.6 Å². The Labute approximate surface area is 133 Å². The summed E-state index contributed by atoms with van der Waals surface area (Å²) in [4.78, 5) is 0. The van der Waals surface area contributed by atoms with Gasteiger partial charge in [0.25, 0.3) is 0 Å². The summed E-state index contributed by atoms with van der Waals surface area (Å²) in [5.74, 6) is 1.71. The minimum Gasteiger partial charge on any atom is -0.390 e. The predicted molar refractivity (Wildman–Crippen MR) is 93.6 cm³/mol. The lowest BCUT2D eigenvalue weighted by Crippen LogP contribution is -2.44. The van der Waals surface area contributed by atoms with Crippen molar-refractivity contribution in [3.05, 3.63) is 0 Å². The lowest BCUT2D eigenvalue weighted by atomic mass is 9.64. The van der Waals surface area contributed by atoms with Gasteiger partial charge in [0, 0.05) is 0 Å². The Bertz CT molecular complexity index is 238. The first-order valence-electron chi connectivity index (χ1n) is 9.81. The van der Waals surface area contributed by atoms with Crippen molar-refractivity contribution in [2.24, 2.45) is 11.8 Å². The van der Waals surface area contributed by atoms with Gasteiger partial charge >= 0.3 is 0 Å². The van der Waals surface area contributed by atoms with Gasteiger partial charge in [0.2, 0.25) is 0 Å². The molecule has 1 aliphatic carbocycles. The molecule has 0 spiro atoms. The van der Waals surface area contributed by atoms with Crippen LogP contribution in [0.1, 0.15) is 111 Å². The van der Waals surface area contributed by atoms with Crippen LogP contribution in [-0.2, 0) is 0 Å². The van der Waals surface area contributed by atoms with Crippen LogP contribution < -0.4 is 0 Å². The smallest absolute Gasteiger partial charge is 0.0625 e. The van der Waals surface area contributed by atoms with Crippen molar-refractivity contribution in [1.82, 2.24) is 0 Å². The van der Waals surface area contributed by atoms with Gasteiger partial charge in [0.05, 0.1) is 5.60 Å². The molecule has 0 aliphatic heterocycles. The van der Waals surface area contributed by atoms with Gasteiger partial charge in [-0.25, -0.2) is 0 Å². The monoisotopic (exact) mass is 296 g/mol. The van der Waals surface area contributed by atoms with E-state index in [0.717, 1.165) is 24.7 Å². The third-order valence-electron chi connectivity index (χ3n) is 5.43. The van der Waals surface area contributed by atoms with Crippen molar-refractivity contribution >= 4 is 0 Å². The fourth-order valence-electron chi connectivity index (χ4n) is 4.04. The molecule has 0 saturated heterocycles. The lowest BCUT2D eigenvalue weighted by Gasteiger charge is -2.45. The minimum absolute atomic E-state index is 0.340. The molecule has 0 aromatic heterocycles. The van der Waals surface area contributed by atoms with Gasteiger partial charge in [-0.2, -0.15) is 0 Å². The fraction of sp³-hybridized carbons (Fsp3) is 1.00.